The number of hydrogen-bond donors (Lipinski definition) is 4. The van der Waals surface area contributed by atoms with Gasteiger partial charge in [-0.1, -0.05) is 0 Å². The Morgan fingerprint density at radius 1 is 1.24 bits per heavy atom. The molecule has 0 aliphatic carbocycles. The van der Waals surface area contributed by atoms with E-state index in [1.54, 1.807) is 0 Å². The maximum Gasteiger partial charge on any atom is 0.326 e. The van der Waals surface area contributed by atoms with Crippen LogP contribution in [0.1, 0.15) is 16.8 Å². The van der Waals surface area contributed by atoms with Crippen molar-refractivity contribution in [3.8, 4) is 0 Å². The smallest absolute Gasteiger partial charge is 0.326 e. The summed E-state index contributed by atoms with van der Waals surface area (Å²) in [5.41, 5.74) is 0.470. The molecule has 1 aromatic rings. The molecule has 0 saturated carbocycles. The number of anilines is 1. The standard InChI is InChI=1S/C12H16N2O6S/c1-21(19,20)14-9-4-2-8(3-5-9)11(16)13-10(6-7-15)12(17)18/h2-5,10,14-15H,6-7H2,1H3,(H,13,16)(H,17,18)/t10-/m1/s1. The molecular formula is C12H16N2O6S. The maximum atomic E-state index is 11.8. The van der Waals surface area contributed by atoms with Crippen molar-refractivity contribution < 1.29 is 28.2 Å². The average molecular weight is 316 g/mol. The third-order valence-corrected chi connectivity index (χ3v) is 3.08. The van der Waals surface area contributed by atoms with Gasteiger partial charge in [0.2, 0.25) is 10.0 Å². The van der Waals surface area contributed by atoms with E-state index >= 15 is 0 Å². The van der Waals surface area contributed by atoms with Crippen LogP contribution < -0.4 is 10.0 Å². The fourth-order valence-electron chi connectivity index (χ4n) is 1.53. The predicted octanol–water partition coefficient (Wildman–Crippen LogP) is -0.377. The van der Waals surface area contributed by atoms with Gasteiger partial charge in [-0.25, -0.2) is 13.2 Å². The lowest BCUT2D eigenvalue weighted by molar-refractivity contribution is -0.139. The number of amides is 1. The van der Waals surface area contributed by atoms with Crippen LogP contribution in [0.4, 0.5) is 5.69 Å². The molecule has 8 nitrogen and oxygen atoms in total. The van der Waals surface area contributed by atoms with Crippen LogP contribution in [-0.2, 0) is 14.8 Å². The van der Waals surface area contributed by atoms with Crippen LogP contribution in [0.15, 0.2) is 24.3 Å². The molecule has 0 heterocycles. The number of carboxylic acid groups (broad SMARTS) is 1. The van der Waals surface area contributed by atoms with Crippen molar-refractivity contribution in [1.82, 2.24) is 5.32 Å². The van der Waals surface area contributed by atoms with Crippen molar-refractivity contribution in [2.24, 2.45) is 0 Å². The summed E-state index contributed by atoms with van der Waals surface area (Å²) in [6.07, 6.45) is 0.898. The first-order valence-corrected chi connectivity index (χ1v) is 7.84. The van der Waals surface area contributed by atoms with Crippen molar-refractivity contribution in [2.75, 3.05) is 17.6 Å². The molecule has 0 aliphatic rings. The van der Waals surface area contributed by atoms with Gasteiger partial charge in [-0.15, -0.1) is 0 Å². The Balaban J connectivity index is 2.77. The molecule has 116 valence electrons. The number of aliphatic hydroxyl groups is 1. The molecule has 21 heavy (non-hydrogen) atoms. The fourth-order valence-corrected chi connectivity index (χ4v) is 2.10. The van der Waals surface area contributed by atoms with E-state index in [1.807, 2.05) is 0 Å². The number of hydrogen-bond acceptors (Lipinski definition) is 5. The van der Waals surface area contributed by atoms with E-state index in [9.17, 15) is 18.0 Å². The Hall–Kier alpha value is -2.13. The van der Waals surface area contributed by atoms with Gasteiger partial charge < -0.3 is 15.5 Å². The minimum Gasteiger partial charge on any atom is -0.480 e. The van der Waals surface area contributed by atoms with Crippen LogP contribution in [0.5, 0.6) is 0 Å². The number of carboxylic acids is 1. The topological polar surface area (TPSA) is 133 Å². The Morgan fingerprint density at radius 3 is 2.24 bits per heavy atom. The first-order valence-electron chi connectivity index (χ1n) is 5.95. The number of aliphatic hydroxyl groups excluding tert-OH is 1. The van der Waals surface area contributed by atoms with E-state index in [-0.39, 0.29) is 18.6 Å². The quantitative estimate of drug-likeness (QED) is 0.542. The first-order chi connectivity index (χ1) is 9.73. The number of carbonyl (C=O) groups excluding carboxylic acids is 1. The highest BCUT2D eigenvalue weighted by atomic mass is 32.2. The van der Waals surface area contributed by atoms with Gasteiger partial charge in [0.1, 0.15) is 6.04 Å². The molecule has 1 aromatic carbocycles. The maximum absolute atomic E-state index is 11.8. The number of rotatable bonds is 7. The van der Waals surface area contributed by atoms with Crippen molar-refractivity contribution in [3.63, 3.8) is 0 Å². The molecule has 0 saturated heterocycles. The van der Waals surface area contributed by atoms with Crippen LogP contribution in [-0.4, -0.2) is 49.4 Å². The highest BCUT2D eigenvalue weighted by molar-refractivity contribution is 7.92. The molecule has 1 atom stereocenters. The van der Waals surface area contributed by atoms with Gasteiger partial charge in [-0.2, -0.15) is 0 Å². The second-order valence-corrected chi connectivity index (χ2v) is 6.08. The molecular weight excluding hydrogens is 300 g/mol. The largest absolute Gasteiger partial charge is 0.480 e. The van der Waals surface area contributed by atoms with E-state index in [2.05, 4.69) is 10.0 Å². The van der Waals surface area contributed by atoms with E-state index in [0.29, 0.717) is 5.69 Å². The molecule has 0 radical (unpaired) electrons. The molecule has 9 heteroatoms. The summed E-state index contributed by atoms with van der Waals surface area (Å²) in [4.78, 5) is 22.7. The Bertz CT molecular complexity index is 611. The van der Waals surface area contributed by atoms with Crippen molar-refractivity contribution in [2.45, 2.75) is 12.5 Å². The summed E-state index contributed by atoms with van der Waals surface area (Å²) in [6, 6.07) is 4.31. The molecule has 4 N–H and O–H groups in total. The first kappa shape index (κ1) is 16.9. The lowest BCUT2D eigenvalue weighted by Gasteiger charge is -2.13. The van der Waals surface area contributed by atoms with Gasteiger partial charge >= 0.3 is 5.97 Å². The van der Waals surface area contributed by atoms with Gasteiger partial charge in [0.15, 0.2) is 0 Å². The minimum atomic E-state index is -3.40. The van der Waals surface area contributed by atoms with Crippen LogP contribution in [0.25, 0.3) is 0 Å². The van der Waals surface area contributed by atoms with Crippen molar-refractivity contribution in [3.05, 3.63) is 29.8 Å². The zero-order valence-corrected chi connectivity index (χ0v) is 12.1. The zero-order chi connectivity index (χ0) is 16.0. The molecule has 1 amide bonds. The highest BCUT2D eigenvalue weighted by Crippen LogP contribution is 2.11. The van der Waals surface area contributed by atoms with E-state index in [1.165, 1.54) is 24.3 Å². The molecule has 0 bridgehead atoms. The predicted molar refractivity (Wildman–Crippen MR) is 75.5 cm³/mol. The number of nitrogens with one attached hydrogen (secondary N) is 2. The lowest BCUT2D eigenvalue weighted by Crippen LogP contribution is -2.41. The summed E-state index contributed by atoms with van der Waals surface area (Å²) in [5, 5.41) is 19.9. The monoisotopic (exact) mass is 316 g/mol. The molecule has 1 rings (SSSR count). The van der Waals surface area contributed by atoms with E-state index in [0.717, 1.165) is 6.26 Å². The SMILES string of the molecule is CS(=O)(=O)Nc1ccc(C(=O)N[C@H](CCO)C(=O)O)cc1. The number of aliphatic carboxylic acids is 1. The van der Waals surface area contributed by atoms with Gasteiger partial charge in [0.05, 0.1) is 6.26 Å². The average Bonchev–Trinajstić information content (AvgIpc) is 2.36. The van der Waals surface area contributed by atoms with Crippen molar-refractivity contribution >= 4 is 27.6 Å². The normalized spacial score (nSPS) is 12.5. The zero-order valence-electron chi connectivity index (χ0n) is 11.2. The summed E-state index contributed by atoms with van der Waals surface area (Å²) < 4.78 is 24.3. The van der Waals surface area contributed by atoms with Crippen molar-refractivity contribution in [1.29, 1.82) is 0 Å². The lowest BCUT2D eigenvalue weighted by atomic mass is 10.1. The fraction of sp³-hybridized carbons (Fsp3) is 0.333. The number of sulfonamides is 1. The molecule has 0 spiro atoms. The van der Waals surface area contributed by atoms with E-state index < -0.39 is 27.9 Å². The van der Waals surface area contributed by atoms with Gasteiger partial charge in [0, 0.05) is 24.3 Å². The molecule has 0 unspecified atom stereocenters. The van der Waals surface area contributed by atoms with Gasteiger partial charge in [-0.3, -0.25) is 9.52 Å². The Kier molecular flexibility index (Phi) is 5.68. The third kappa shape index (κ3) is 5.79. The minimum absolute atomic E-state index is 0.102. The van der Waals surface area contributed by atoms with Crippen LogP contribution >= 0.6 is 0 Å². The Labute approximate surface area is 121 Å². The van der Waals surface area contributed by atoms with Gasteiger partial charge in [0.25, 0.3) is 5.91 Å². The van der Waals surface area contributed by atoms with E-state index in [4.69, 9.17) is 10.2 Å². The summed E-state index contributed by atoms with van der Waals surface area (Å²) in [5.74, 6) is -1.87. The highest BCUT2D eigenvalue weighted by Gasteiger charge is 2.19. The second kappa shape index (κ2) is 7.04. The van der Waals surface area contributed by atoms with Crippen LogP contribution in [0.2, 0.25) is 0 Å². The number of benzene rings is 1. The molecule has 0 aromatic heterocycles. The molecule has 0 aliphatic heterocycles. The van der Waals surface area contributed by atoms with Crippen LogP contribution in [0.3, 0.4) is 0 Å². The molecule has 0 fully saturated rings. The van der Waals surface area contributed by atoms with Gasteiger partial charge in [-0.05, 0) is 24.3 Å². The number of carbonyl (C=O) groups is 2. The second-order valence-electron chi connectivity index (χ2n) is 4.33. The third-order valence-electron chi connectivity index (χ3n) is 2.47. The summed E-state index contributed by atoms with van der Waals surface area (Å²) >= 11 is 0. The summed E-state index contributed by atoms with van der Waals surface area (Å²) in [7, 11) is -3.40. The van der Waals surface area contributed by atoms with Crippen LogP contribution in [0, 0.1) is 0 Å². The summed E-state index contributed by atoms with van der Waals surface area (Å²) in [6.45, 7) is -0.367. The Morgan fingerprint density at radius 2 is 1.81 bits per heavy atom.